The van der Waals surface area contributed by atoms with E-state index in [4.69, 9.17) is 5.11 Å². The molecule has 1 saturated heterocycles. The molecule has 110 valence electrons. The summed E-state index contributed by atoms with van der Waals surface area (Å²) in [5.41, 5.74) is 0. The third-order valence-corrected chi connectivity index (χ3v) is 6.05. The molecule has 19 heavy (non-hydrogen) atoms. The number of rotatable bonds is 10. The lowest BCUT2D eigenvalue weighted by atomic mass is 10.1. The fourth-order valence-electron chi connectivity index (χ4n) is 1.94. The molecule has 0 aromatic rings. The van der Waals surface area contributed by atoms with Crippen molar-refractivity contribution in [1.82, 2.24) is 5.32 Å². The third kappa shape index (κ3) is 9.21. The van der Waals surface area contributed by atoms with Gasteiger partial charge in [0, 0.05) is 30.4 Å². The van der Waals surface area contributed by atoms with Gasteiger partial charge in [-0.1, -0.05) is 28.0 Å². The fourth-order valence-corrected chi connectivity index (χ4v) is 4.97. The Labute approximate surface area is 122 Å². The Hall–Kier alpha value is -0.360. The molecule has 0 saturated carbocycles. The molecule has 2 N–H and O–H groups in total. The molecule has 4 nitrogen and oxygen atoms in total. The Bertz CT molecular complexity index is 281. The van der Waals surface area contributed by atoms with Crippen molar-refractivity contribution in [3.05, 3.63) is 0 Å². The molecule has 1 atom stereocenters. The monoisotopic (exact) mass is 305 g/mol. The first-order chi connectivity index (χ1) is 9.18. The summed E-state index contributed by atoms with van der Waals surface area (Å²) in [6, 6.07) is 0. The summed E-state index contributed by atoms with van der Waals surface area (Å²) >= 11 is 0. The molecule has 1 amide bonds. The molecule has 1 heterocycles. The zero-order valence-corrected chi connectivity index (χ0v) is 12.9. The van der Waals surface area contributed by atoms with Gasteiger partial charge in [-0.25, -0.2) is 0 Å². The molecule has 1 rings (SSSR count). The van der Waals surface area contributed by atoms with Gasteiger partial charge in [-0.05, 0) is 32.1 Å². The lowest BCUT2D eigenvalue weighted by molar-refractivity contribution is -0.137. The number of carboxylic acids is 1. The van der Waals surface area contributed by atoms with Crippen LogP contribution in [0.3, 0.4) is 0 Å². The van der Waals surface area contributed by atoms with Crippen molar-refractivity contribution in [2.45, 2.75) is 56.6 Å². The molecule has 0 unspecified atom stereocenters. The molecule has 1 aliphatic rings. The first kappa shape index (κ1) is 16.7. The minimum Gasteiger partial charge on any atom is -0.481 e. The van der Waals surface area contributed by atoms with Gasteiger partial charge in [-0.15, -0.1) is 0 Å². The van der Waals surface area contributed by atoms with Crippen molar-refractivity contribution >= 4 is 33.5 Å². The van der Waals surface area contributed by atoms with Gasteiger partial charge in [-0.2, -0.15) is 0 Å². The predicted octanol–water partition coefficient (Wildman–Crippen LogP) is 3.07. The third-order valence-electron chi connectivity index (χ3n) is 3.05. The zero-order chi connectivity index (χ0) is 13.9. The maximum atomic E-state index is 11.5. The van der Waals surface area contributed by atoms with Crippen LogP contribution < -0.4 is 5.32 Å². The van der Waals surface area contributed by atoms with Crippen molar-refractivity contribution in [2.75, 3.05) is 12.3 Å². The lowest BCUT2D eigenvalue weighted by Crippen LogP contribution is -2.24. The van der Waals surface area contributed by atoms with Gasteiger partial charge >= 0.3 is 5.97 Å². The second-order valence-corrected chi connectivity index (χ2v) is 7.56. The number of unbranched alkanes of at least 4 members (excludes halogenated alkanes) is 2. The summed E-state index contributed by atoms with van der Waals surface area (Å²) in [6.45, 7) is 0.598. The maximum Gasteiger partial charge on any atom is 0.303 e. The molecule has 0 bridgehead atoms. The second kappa shape index (κ2) is 10.4. The number of nitrogens with one attached hydrogen (secondary N) is 1. The number of carboxylic acid groups (broad SMARTS) is 1. The van der Waals surface area contributed by atoms with E-state index in [9.17, 15) is 9.59 Å². The van der Waals surface area contributed by atoms with Crippen LogP contribution >= 0.6 is 21.6 Å². The first-order valence-corrected chi connectivity index (χ1v) is 9.33. The number of hydrogen-bond acceptors (Lipinski definition) is 4. The lowest BCUT2D eigenvalue weighted by Gasteiger charge is -2.07. The van der Waals surface area contributed by atoms with E-state index in [0.717, 1.165) is 24.5 Å². The van der Waals surface area contributed by atoms with E-state index in [0.29, 0.717) is 19.4 Å². The predicted molar refractivity (Wildman–Crippen MR) is 81.4 cm³/mol. The average Bonchev–Trinajstić information content (AvgIpc) is 2.87. The van der Waals surface area contributed by atoms with E-state index >= 15 is 0 Å². The summed E-state index contributed by atoms with van der Waals surface area (Å²) < 4.78 is 0. The molecule has 0 radical (unpaired) electrons. The molecule has 0 aromatic carbocycles. The fraction of sp³-hybridized carbons (Fsp3) is 0.846. The minimum absolute atomic E-state index is 0.101. The van der Waals surface area contributed by atoms with Gasteiger partial charge in [0.2, 0.25) is 5.91 Å². The highest BCUT2D eigenvalue weighted by molar-refractivity contribution is 8.77. The van der Waals surface area contributed by atoms with E-state index in [1.54, 1.807) is 0 Å². The van der Waals surface area contributed by atoms with Gasteiger partial charge in [0.05, 0.1) is 0 Å². The van der Waals surface area contributed by atoms with Crippen LogP contribution in [-0.4, -0.2) is 34.5 Å². The quantitative estimate of drug-likeness (QED) is 0.479. The summed E-state index contributed by atoms with van der Waals surface area (Å²) in [6.07, 6.45) is 6.79. The molecular weight excluding hydrogens is 282 g/mol. The summed E-state index contributed by atoms with van der Waals surface area (Å²) in [5.74, 6) is 0.602. The van der Waals surface area contributed by atoms with Crippen LogP contribution in [0, 0.1) is 0 Å². The van der Waals surface area contributed by atoms with E-state index < -0.39 is 5.97 Å². The SMILES string of the molecule is O=C(O)CCCCNC(=O)CCCC[C@@H]1CCSS1. The highest BCUT2D eigenvalue weighted by atomic mass is 33.1. The zero-order valence-electron chi connectivity index (χ0n) is 11.2. The van der Waals surface area contributed by atoms with Crippen LogP contribution in [0.15, 0.2) is 0 Å². The van der Waals surface area contributed by atoms with Gasteiger partial charge in [0.1, 0.15) is 0 Å². The second-order valence-electron chi connectivity index (χ2n) is 4.78. The number of aliphatic carboxylic acids is 1. The standard InChI is InChI=1S/C13H23NO3S2/c15-12(14-9-4-3-7-13(16)17)6-2-1-5-11-8-10-18-19-11/h11H,1-10H2,(H,14,15)(H,16,17)/t11-/m1/s1. The van der Waals surface area contributed by atoms with E-state index in [2.05, 4.69) is 5.32 Å². The summed E-state index contributed by atoms with van der Waals surface area (Å²) in [5, 5.41) is 12.1. The minimum atomic E-state index is -0.769. The highest BCUT2D eigenvalue weighted by Gasteiger charge is 2.15. The Morgan fingerprint density at radius 3 is 2.63 bits per heavy atom. The van der Waals surface area contributed by atoms with Crippen molar-refractivity contribution in [2.24, 2.45) is 0 Å². The average molecular weight is 305 g/mol. The molecular formula is C13H23NO3S2. The number of amides is 1. The van der Waals surface area contributed by atoms with E-state index in [-0.39, 0.29) is 12.3 Å². The number of carbonyl (C=O) groups is 2. The molecule has 1 aliphatic heterocycles. The van der Waals surface area contributed by atoms with Crippen molar-refractivity contribution in [3.8, 4) is 0 Å². The maximum absolute atomic E-state index is 11.5. The summed E-state index contributed by atoms with van der Waals surface area (Å²) in [7, 11) is 3.95. The van der Waals surface area contributed by atoms with Crippen molar-refractivity contribution < 1.29 is 14.7 Å². The van der Waals surface area contributed by atoms with Crippen LogP contribution in [0.1, 0.15) is 51.4 Å². The van der Waals surface area contributed by atoms with Crippen LogP contribution in [0.4, 0.5) is 0 Å². The Morgan fingerprint density at radius 1 is 1.16 bits per heavy atom. The van der Waals surface area contributed by atoms with Crippen LogP contribution in [0.5, 0.6) is 0 Å². The van der Waals surface area contributed by atoms with E-state index in [1.807, 2.05) is 21.6 Å². The normalized spacial score (nSPS) is 18.4. The van der Waals surface area contributed by atoms with Crippen LogP contribution in [0.2, 0.25) is 0 Å². The van der Waals surface area contributed by atoms with Gasteiger partial charge in [0.15, 0.2) is 0 Å². The van der Waals surface area contributed by atoms with Gasteiger partial charge in [0.25, 0.3) is 0 Å². The van der Waals surface area contributed by atoms with Gasteiger partial charge < -0.3 is 10.4 Å². The van der Waals surface area contributed by atoms with Gasteiger partial charge in [-0.3, -0.25) is 9.59 Å². The highest BCUT2D eigenvalue weighted by Crippen LogP contribution is 2.39. The molecule has 0 aromatic heterocycles. The Morgan fingerprint density at radius 2 is 1.95 bits per heavy atom. The Kier molecular flexibility index (Phi) is 9.16. The number of hydrogen-bond donors (Lipinski definition) is 2. The smallest absolute Gasteiger partial charge is 0.303 e. The first-order valence-electron chi connectivity index (χ1n) is 6.95. The molecule has 1 fully saturated rings. The van der Waals surface area contributed by atoms with Crippen LogP contribution in [0.25, 0.3) is 0 Å². The van der Waals surface area contributed by atoms with E-state index in [1.165, 1.54) is 18.6 Å². The molecule has 6 heteroatoms. The summed E-state index contributed by atoms with van der Waals surface area (Å²) in [4.78, 5) is 21.8. The topological polar surface area (TPSA) is 66.4 Å². The van der Waals surface area contributed by atoms with Crippen molar-refractivity contribution in [3.63, 3.8) is 0 Å². The van der Waals surface area contributed by atoms with Crippen LogP contribution in [-0.2, 0) is 9.59 Å². The Balaban J connectivity index is 1.86. The number of carbonyl (C=O) groups excluding carboxylic acids is 1. The molecule has 0 aliphatic carbocycles. The largest absolute Gasteiger partial charge is 0.481 e. The van der Waals surface area contributed by atoms with Crippen molar-refractivity contribution in [1.29, 1.82) is 0 Å². The molecule has 0 spiro atoms.